The number of hydrogen-bond donors (Lipinski definition) is 1. The van der Waals surface area contributed by atoms with Crippen LogP contribution in [0.15, 0.2) is 60.8 Å². The van der Waals surface area contributed by atoms with Gasteiger partial charge in [-0.05, 0) is 53.3 Å². The Balaban J connectivity index is 1.13. The van der Waals surface area contributed by atoms with E-state index in [9.17, 15) is 18.4 Å². The molecule has 204 valence electrons. The first-order chi connectivity index (χ1) is 19.4. The Morgan fingerprint density at radius 3 is 2.73 bits per heavy atom. The molecule has 2 saturated heterocycles. The fourth-order valence-corrected chi connectivity index (χ4v) is 6.71. The van der Waals surface area contributed by atoms with Crippen LogP contribution in [0.3, 0.4) is 0 Å². The third-order valence-corrected chi connectivity index (χ3v) is 8.68. The summed E-state index contributed by atoms with van der Waals surface area (Å²) in [5, 5.41) is 2.94. The van der Waals surface area contributed by atoms with Gasteiger partial charge in [0.25, 0.3) is 0 Å². The quantitative estimate of drug-likeness (QED) is 0.545. The van der Waals surface area contributed by atoms with Gasteiger partial charge in [-0.3, -0.25) is 14.5 Å². The first-order valence-corrected chi connectivity index (χ1v) is 13.5. The molecule has 0 unspecified atom stereocenters. The van der Waals surface area contributed by atoms with Crippen LogP contribution in [-0.4, -0.2) is 65.5 Å². The lowest BCUT2D eigenvalue weighted by Crippen LogP contribution is -2.62. The van der Waals surface area contributed by atoms with Crippen LogP contribution in [0, 0.1) is 11.6 Å². The number of rotatable bonds is 4. The second-order valence-electron chi connectivity index (χ2n) is 11.0. The number of benzene rings is 2. The summed E-state index contributed by atoms with van der Waals surface area (Å²) in [7, 11) is 0. The fourth-order valence-electron chi connectivity index (χ4n) is 6.71. The molecule has 3 atom stereocenters. The molecule has 9 heteroatoms. The summed E-state index contributed by atoms with van der Waals surface area (Å²) in [5.41, 5.74) is 3.97. The van der Waals surface area contributed by atoms with Gasteiger partial charge in [0, 0.05) is 37.5 Å². The molecule has 1 N–H and O–H groups in total. The van der Waals surface area contributed by atoms with Crippen molar-refractivity contribution in [3.05, 3.63) is 100 Å². The number of ether oxygens (including phenoxy) is 1. The standard InChI is InChI=1S/C31H28F2N4O3/c32-23-12-21(13-24(33)14-23)26-17-36-9-10-40-18-27(36)29(38)37(26)8-2-3-19-5-6-20-15-31(16-22(20)11-19)25-4-1-7-34-28(25)35-30(31)39/h1-7,11-14,26-27H,8-10,15-18H2,(H,34,35,39)/t26-,27+,31-/m0/s1. The van der Waals surface area contributed by atoms with Gasteiger partial charge in [-0.2, -0.15) is 0 Å². The summed E-state index contributed by atoms with van der Waals surface area (Å²) < 4.78 is 33.8. The third-order valence-electron chi connectivity index (χ3n) is 8.68. The van der Waals surface area contributed by atoms with Gasteiger partial charge >= 0.3 is 0 Å². The van der Waals surface area contributed by atoms with Gasteiger partial charge < -0.3 is 15.0 Å². The van der Waals surface area contributed by atoms with Crippen molar-refractivity contribution in [2.45, 2.75) is 30.3 Å². The molecule has 7 rings (SSSR count). The van der Waals surface area contributed by atoms with Crippen LogP contribution in [0.1, 0.15) is 33.9 Å². The van der Waals surface area contributed by atoms with E-state index in [-0.39, 0.29) is 18.4 Å². The molecule has 4 heterocycles. The number of halogens is 2. The molecule has 0 saturated carbocycles. The van der Waals surface area contributed by atoms with E-state index in [0.717, 1.165) is 28.3 Å². The minimum Gasteiger partial charge on any atom is -0.378 e. The molecule has 7 nitrogen and oxygen atoms in total. The predicted molar refractivity (Wildman–Crippen MR) is 144 cm³/mol. The van der Waals surface area contributed by atoms with Crippen LogP contribution in [0.5, 0.6) is 0 Å². The number of aromatic nitrogens is 1. The molecule has 0 bridgehead atoms. The van der Waals surface area contributed by atoms with Crippen molar-refractivity contribution in [3.8, 4) is 0 Å². The van der Waals surface area contributed by atoms with Gasteiger partial charge in [-0.25, -0.2) is 13.8 Å². The maximum atomic E-state index is 14.1. The Bertz CT molecular complexity index is 1540. The van der Waals surface area contributed by atoms with E-state index in [4.69, 9.17) is 4.74 Å². The van der Waals surface area contributed by atoms with Crippen LogP contribution in [0.25, 0.3) is 6.08 Å². The Hall–Kier alpha value is -3.95. The zero-order valence-corrected chi connectivity index (χ0v) is 21.8. The summed E-state index contributed by atoms with van der Waals surface area (Å²) in [4.78, 5) is 34.6. The fraction of sp³-hybridized carbons (Fsp3) is 0.323. The van der Waals surface area contributed by atoms with Crippen LogP contribution < -0.4 is 5.32 Å². The molecular formula is C31H28F2N4O3. The zero-order chi connectivity index (χ0) is 27.4. The van der Waals surface area contributed by atoms with Gasteiger partial charge in [0.15, 0.2) is 0 Å². The molecule has 4 aliphatic rings. The minimum absolute atomic E-state index is 0.0151. The minimum atomic E-state index is -0.660. The Kier molecular flexibility index (Phi) is 6.01. The summed E-state index contributed by atoms with van der Waals surface area (Å²) in [5.74, 6) is -0.805. The molecule has 1 spiro atoms. The molecule has 2 fully saturated rings. The summed E-state index contributed by atoms with van der Waals surface area (Å²) in [6, 6.07) is 12.6. The first-order valence-electron chi connectivity index (χ1n) is 13.5. The van der Waals surface area contributed by atoms with Crippen LogP contribution in [0.4, 0.5) is 14.6 Å². The molecule has 1 aliphatic carbocycles. The lowest BCUT2D eigenvalue weighted by atomic mass is 9.79. The molecule has 2 amide bonds. The summed E-state index contributed by atoms with van der Waals surface area (Å²) in [6.07, 6.45) is 6.78. The number of carbonyl (C=O) groups is 2. The van der Waals surface area contributed by atoms with Crippen molar-refractivity contribution >= 4 is 23.7 Å². The molecule has 2 aromatic carbocycles. The number of piperazine rings is 1. The van der Waals surface area contributed by atoms with E-state index in [1.54, 1.807) is 11.1 Å². The average molecular weight is 543 g/mol. The average Bonchev–Trinajstić information content (AvgIpc) is 3.46. The second-order valence-corrected chi connectivity index (χ2v) is 11.0. The van der Waals surface area contributed by atoms with Crippen molar-refractivity contribution in [2.24, 2.45) is 0 Å². The topological polar surface area (TPSA) is 74.8 Å². The van der Waals surface area contributed by atoms with Gasteiger partial charge in [0.2, 0.25) is 11.8 Å². The smallest absolute Gasteiger partial charge is 0.243 e. The van der Waals surface area contributed by atoms with Gasteiger partial charge in [-0.15, -0.1) is 0 Å². The van der Waals surface area contributed by atoms with Gasteiger partial charge in [0.05, 0.1) is 24.7 Å². The van der Waals surface area contributed by atoms with E-state index >= 15 is 0 Å². The highest BCUT2D eigenvalue weighted by molar-refractivity contribution is 6.06. The molecule has 40 heavy (non-hydrogen) atoms. The Morgan fingerprint density at radius 2 is 1.88 bits per heavy atom. The number of fused-ring (bicyclic) bond motifs is 4. The number of nitrogens with zero attached hydrogens (tertiary/aromatic N) is 3. The van der Waals surface area contributed by atoms with Crippen molar-refractivity contribution < 1.29 is 23.1 Å². The molecular weight excluding hydrogens is 514 g/mol. The molecule has 0 radical (unpaired) electrons. The third kappa shape index (κ3) is 4.12. The largest absolute Gasteiger partial charge is 0.378 e. The second kappa shape index (κ2) is 9.60. The molecule has 1 aromatic heterocycles. The number of hydrogen-bond acceptors (Lipinski definition) is 5. The van der Waals surface area contributed by atoms with Gasteiger partial charge in [0.1, 0.15) is 23.5 Å². The van der Waals surface area contributed by atoms with E-state index in [1.807, 2.05) is 35.3 Å². The van der Waals surface area contributed by atoms with E-state index in [0.29, 0.717) is 50.5 Å². The number of amides is 2. The first kappa shape index (κ1) is 25.0. The lowest BCUT2D eigenvalue weighted by molar-refractivity contribution is -0.154. The lowest BCUT2D eigenvalue weighted by Gasteiger charge is -2.47. The van der Waals surface area contributed by atoms with Crippen molar-refractivity contribution in [1.82, 2.24) is 14.8 Å². The van der Waals surface area contributed by atoms with Gasteiger partial charge in [-0.1, -0.05) is 36.4 Å². The number of pyridine rings is 1. The molecule has 3 aromatic rings. The van der Waals surface area contributed by atoms with E-state index in [1.165, 1.54) is 12.1 Å². The molecule has 3 aliphatic heterocycles. The van der Waals surface area contributed by atoms with Crippen LogP contribution >= 0.6 is 0 Å². The number of morpholine rings is 1. The van der Waals surface area contributed by atoms with Crippen molar-refractivity contribution in [3.63, 3.8) is 0 Å². The van der Waals surface area contributed by atoms with E-state index in [2.05, 4.69) is 22.4 Å². The van der Waals surface area contributed by atoms with E-state index < -0.39 is 29.1 Å². The normalized spacial score (nSPS) is 25.8. The highest BCUT2D eigenvalue weighted by atomic mass is 19.1. The monoisotopic (exact) mass is 542 g/mol. The number of anilines is 1. The number of nitrogens with one attached hydrogen (secondary N) is 1. The summed E-state index contributed by atoms with van der Waals surface area (Å²) in [6.45, 7) is 2.20. The van der Waals surface area contributed by atoms with Crippen molar-refractivity contribution in [2.75, 3.05) is 38.2 Å². The summed E-state index contributed by atoms with van der Waals surface area (Å²) >= 11 is 0. The highest BCUT2D eigenvalue weighted by Gasteiger charge is 2.51. The zero-order valence-electron chi connectivity index (χ0n) is 21.8. The maximum Gasteiger partial charge on any atom is 0.243 e. The van der Waals surface area contributed by atoms with Crippen molar-refractivity contribution in [1.29, 1.82) is 0 Å². The Labute approximate surface area is 230 Å². The maximum absolute atomic E-state index is 14.1. The SMILES string of the molecule is O=C1[C@H]2COCCN2C[C@@H](c2cc(F)cc(F)c2)N1CC=Cc1ccc2c(c1)C[C@]1(C2)C(=O)Nc2ncccc21. The number of carbonyl (C=O) groups excluding carboxylic acids is 2. The van der Waals surface area contributed by atoms with Crippen LogP contribution in [-0.2, 0) is 32.6 Å². The highest BCUT2D eigenvalue weighted by Crippen LogP contribution is 2.46. The predicted octanol–water partition coefficient (Wildman–Crippen LogP) is 3.65. The van der Waals surface area contributed by atoms with Crippen LogP contribution in [0.2, 0.25) is 0 Å². The Morgan fingerprint density at radius 1 is 1.05 bits per heavy atom.